The van der Waals surface area contributed by atoms with Crippen LogP contribution in [-0.4, -0.2) is 46.3 Å². The maximum atomic E-state index is 13.2. The highest BCUT2D eigenvalue weighted by molar-refractivity contribution is 6.04. The number of benzene rings is 4. The minimum atomic E-state index is -1.38. The van der Waals surface area contributed by atoms with E-state index in [4.69, 9.17) is 0 Å². The Morgan fingerprint density at radius 1 is 0.605 bits per heavy atom. The zero-order valence-corrected chi connectivity index (χ0v) is 26.0. The molecule has 0 aliphatic rings. The Morgan fingerprint density at radius 2 is 0.977 bits per heavy atom. The SMILES string of the molecule is CCC(O)(CCc1cccc2ccccc12)CNC(=O)C(C)(C)C(=O)NCC(O)(CC)CCc1cccc2ccccc12. The van der Waals surface area contributed by atoms with Gasteiger partial charge in [0.25, 0.3) is 0 Å². The van der Waals surface area contributed by atoms with E-state index in [9.17, 15) is 19.8 Å². The van der Waals surface area contributed by atoms with E-state index in [0.29, 0.717) is 38.5 Å². The molecule has 4 N–H and O–H groups in total. The number of carbonyl (C=O) groups is 2. The maximum Gasteiger partial charge on any atom is 0.235 e. The van der Waals surface area contributed by atoms with Crippen molar-refractivity contribution < 1.29 is 19.8 Å². The number of hydrogen-bond acceptors (Lipinski definition) is 4. The van der Waals surface area contributed by atoms with Gasteiger partial charge < -0.3 is 20.8 Å². The van der Waals surface area contributed by atoms with Crippen molar-refractivity contribution >= 4 is 33.4 Å². The Kier molecular flexibility index (Phi) is 10.3. The third-order valence-electron chi connectivity index (χ3n) is 9.09. The van der Waals surface area contributed by atoms with Crippen molar-refractivity contribution in [2.75, 3.05) is 13.1 Å². The zero-order valence-electron chi connectivity index (χ0n) is 26.0. The van der Waals surface area contributed by atoms with E-state index >= 15 is 0 Å². The monoisotopic (exact) mass is 582 g/mol. The Hall–Kier alpha value is -3.74. The minimum absolute atomic E-state index is 0.0493. The van der Waals surface area contributed by atoms with Crippen molar-refractivity contribution in [2.24, 2.45) is 5.41 Å². The summed E-state index contributed by atoms with van der Waals surface area (Å²) in [5.41, 5.74) is -1.29. The average Bonchev–Trinajstić information content (AvgIpc) is 3.04. The lowest BCUT2D eigenvalue weighted by Gasteiger charge is -2.31. The molecule has 2 amide bonds. The third kappa shape index (κ3) is 7.81. The van der Waals surface area contributed by atoms with Crippen LogP contribution < -0.4 is 10.6 Å². The Labute approximate surface area is 255 Å². The minimum Gasteiger partial charge on any atom is -0.388 e. The summed E-state index contributed by atoms with van der Waals surface area (Å²) >= 11 is 0. The molecule has 2 unspecified atom stereocenters. The van der Waals surface area contributed by atoms with Crippen LogP contribution in [0.1, 0.15) is 64.5 Å². The Bertz CT molecular complexity index is 1440. The highest BCUT2D eigenvalue weighted by Gasteiger charge is 2.38. The predicted octanol–water partition coefficient (Wildman–Crippen LogP) is 6.10. The molecule has 0 saturated heterocycles. The lowest BCUT2D eigenvalue weighted by Crippen LogP contribution is -2.54. The van der Waals surface area contributed by atoms with Crippen molar-refractivity contribution in [3.05, 3.63) is 96.1 Å². The molecule has 0 aliphatic carbocycles. The molecule has 0 radical (unpaired) electrons. The van der Waals surface area contributed by atoms with Gasteiger partial charge in [-0.1, -0.05) is 98.8 Å². The zero-order chi connectivity index (χ0) is 31.1. The molecule has 228 valence electrons. The first-order valence-corrected chi connectivity index (χ1v) is 15.4. The van der Waals surface area contributed by atoms with Gasteiger partial charge in [0.2, 0.25) is 11.8 Å². The number of hydrogen-bond donors (Lipinski definition) is 4. The number of aliphatic hydroxyl groups is 2. The molecule has 0 heterocycles. The van der Waals surface area contributed by atoms with Gasteiger partial charge in [0.1, 0.15) is 5.41 Å². The van der Waals surface area contributed by atoms with Crippen LogP contribution in [0, 0.1) is 5.41 Å². The van der Waals surface area contributed by atoms with Gasteiger partial charge in [-0.05, 0) is 85.0 Å². The van der Waals surface area contributed by atoms with Gasteiger partial charge >= 0.3 is 0 Å². The molecule has 0 aliphatic heterocycles. The van der Waals surface area contributed by atoms with Crippen LogP contribution in [0.5, 0.6) is 0 Å². The van der Waals surface area contributed by atoms with Crippen molar-refractivity contribution in [3.8, 4) is 0 Å². The lowest BCUT2D eigenvalue weighted by molar-refractivity contribution is -0.143. The molecule has 6 heteroatoms. The van der Waals surface area contributed by atoms with Gasteiger partial charge in [0.15, 0.2) is 0 Å². The Morgan fingerprint density at radius 3 is 1.37 bits per heavy atom. The molecule has 0 bridgehead atoms. The van der Waals surface area contributed by atoms with Gasteiger partial charge in [0.05, 0.1) is 11.2 Å². The molecule has 4 aromatic rings. The third-order valence-corrected chi connectivity index (χ3v) is 9.09. The van der Waals surface area contributed by atoms with Crippen molar-refractivity contribution in [2.45, 2.75) is 77.4 Å². The first-order chi connectivity index (χ1) is 20.5. The lowest BCUT2D eigenvalue weighted by atomic mass is 9.87. The molecular formula is C37H46N2O4. The topological polar surface area (TPSA) is 98.7 Å². The second kappa shape index (κ2) is 13.7. The standard InChI is InChI=1S/C37H46N2O4/c1-5-36(42,23-21-29-17-11-15-27-13-7-9-19-31(27)29)25-38-33(40)35(3,4)34(41)39-26-37(43,6-2)24-22-30-18-12-16-28-14-8-10-20-32(28)30/h7-20,42-43H,5-6,21-26H2,1-4H3,(H,38,40)(H,39,41). The summed E-state index contributed by atoms with van der Waals surface area (Å²) in [7, 11) is 0. The van der Waals surface area contributed by atoms with E-state index < -0.39 is 28.4 Å². The van der Waals surface area contributed by atoms with E-state index in [0.717, 1.165) is 32.7 Å². The highest BCUT2D eigenvalue weighted by Crippen LogP contribution is 2.26. The molecule has 0 saturated carbocycles. The normalized spacial score (nSPS) is 14.7. The van der Waals surface area contributed by atoms with Crippen molar-refractivity contribution in [1.29, 1.82) is 0 Å². The number of amides is 2. The van der Waals surface area contributed by atoms with Crippen LogP contribution in [0.25, 0.3) is 21.5 Å². The summed E-state index contributed by atoms with van der Waals surface area (Å²) in [5.74, 6) is -0.921. The van der Waals surface area contributed by atoms with E-state index in [2.05, 4.69) is 59.2 Å². The second-order valence-corrected chi connectivity index (χ2v) is 12.4. The fourth-order valence-electron chi connectivity index (χ4n) is 5.57. The first kappa shape index (κ1) is 32.2. The summed E-state index contributed by atoms with van der Waals surface area (Å²) in [6.45, 7) is 7.04. The van der Waals surface area contributed by atoms with Gasteiger partial charge in [-0.2, -0.15) is 0 Å². The quantitative estimate of drug-likeness (QED) is 0.135. The molecule has 4 aromatic carbocycles. The summed E-state index contributed by atoms with van der Waals surface area (Å²) in [5, 5.41) is 32.9. The number of aryl methyl sites for hydroxylation is 2. The number of rotatable bonds is 14. The van der Waals surface area contributed by atoms with Gasteiger partial charge in [-0.15, -0.1) is 0 Å². The number of fused-ring (bicyclic) bond motifs is 2. The summed E-state index contributed by atoms with van der Waals surface area (Å²) in [6.07, 6.45) is 3.21. The fourth-order valence-corrected chi connectivity index (χ4v) is 5.57. The van der Waals surface area contributed by atoms with Crippen LogP contribution in [0.15, 0.2) is 84.9 Å². The van der Waals surface area contributed by atoms with Crippen molar-refractivity contribution in [1.82, 2.24) is 10.6 Å². The van der Waals surface area contributed by atoms with Gasteiger partial charge in [-0.3, -0.25) is 9.59 Å². The smallest absolute Gasteiger partial charge is 0.235 e. The molecule has 0 spiro atoms. The average molecular weight is 583 g/mol. The molecule has 2 atom stereocenters. The predicted molar refractivity (Wildman–Crippen MR) is 175 cm³/mol. The summed E-state index contributed by atoms with van der Waals surface area (Å²) < 4.78 is 0. The van der Waals surface area contributed by atoms with E-state index in [1.807, 2.05) is 50.2 Å². The van der Waals surface area contributed by atoms with E-state index in [1.54, 1.807) is 13.8 Å². The van der Waals surface area contributed by atoms with Crippen LogP contribution >= 0.6 is 0 Å². The molecule has 43 heavy (non-hydrogen) atoms. The molecule has 4 rings (SSSR count). The largest absolute Gasteiger partial charge is 0.388 e. The van der Waals surface area contributed by atoms with Crippen LogP contribution in [0.4, 0.5) is 0 Å². The van der Waals surface area contributed by atoms with E-state index in [1.165, 1.54) is 0 Å². The molecule has 6 nitrogen and oxygen atoms in total. The second-order valence-electron chi connectivity index (χ2n) is 12.4. The van der Waals surface area contributed by atoms with Crippen LogP contribution in [-0.2, 0) is 22.4 Å². The molecular weight excluding hydrogens is 536 g/mol. The van der Waals surface area contributed by atoms with E-state index in [-0.39, 0.29) is 13.1 Å². The van der Waals surface area contributed by atoms with Gasteiger partial charge in [0, 0.05) is 13.1 Å². The van der Waals surface area contributed by atoms with Crippen LogP contribution in [0.3, 0.4) is 0 Å². The first-order valence-electron chi connectivity index (χ1n) is 15.4. The maximum absolute atomic E-state index is 13.2. The fraction of sp³-hybridized carbons (Fsp3) is 0.405. The molecule has 0 fully saturated rings. The summed E-state index contributed by atoms with van der Waals surface area (Å²) in [6, 6.07) is 28.7. The van der Waals surface area contributed by atoms with Gasteiger partial charge in [-0.25, -0.2) is 0 Å². The number of carbonyl (C=O) groups excluding carboxylic acids is 2. The number of nitrogens with one attached hydrogen (secondary N) is 2. The van der Waals surface area contributed by atoms with Crippen LogP contribution in [0.2, 0.25) is 0 Å². The van der Waals surface area contributed by atoms with Crippen molar-refractivity contribution in [3.63, 3.8) is 0 Å². The summed E-state index contributed by atoms with van der Waals surface area (Å²) in [4.78, 5) is 26.4. The Balaban J connectivity index is 1.31. The molecule has 0 aromatic heterocycles. The highest BCUT2D eigenvalue weighted by atomic mass is 16.3.